The van der Waals surface area contributed by atoms with Crippen molar-refractivity contribution in [1.82, 2.24) is 15.1 Å². The maximum absolute atomic E-state index is 12.9. The van der Waals surface area contributed by atoms with Crippen molar-refractivity contribution in [3.8, 4) is 0 Å². The molecule has 130 valence electrons. The molecule has 23 heavy (non-hydrogen) atoms. The molecule has 0 radical (unpaired) electrons. The van der Waals surface area contributed by atoms with Gasteiger partial charge < -0.3 is 15.1 Å². The predicted molar refractivity (Wildman–Crippen MR) is 90.0 cm³/mol. The van der Waals surface area contributed by atoms with Crippen LogP contribution in [0.2, 0.25) is 0 Å². The van der Waals surface area contributed by atoms with Gasteiger partial charge in [0.2, 0.25) is 11.8 Å². The van der Waals surface area contributed by atoms with E-state index in [2.05, 4.69) is 10.2 Å². The maximum atomic E-state index is 12.9. The summed E-state index contributed by atoms with van der Waals surface area (Å²) in [5, 5.41) is 3.13. The zero-order valence-electron chi connectivity index (χ0n) is 14.3. The van der Waals surface area contributed by atoms with Crippen LogP contribution in [0, 0.1) is 5.92 Å². The minimum absolute atomic E-state index is 0.196. The number of rotatable bonds is 2. The lowest BCUT2D eigenvalue weighted by Crippen LogP contribution is -2.58. The first-order chi connectivity index (χ1) is 11.3. The molecule has 5 nitrogen and oxygen atoms in total. The predicted octanol–water partition coefficient (Wildman–Crippen LogP) is 1.77. The Morgan fingerprint density at radius 2 is 1.70 bits per heavy atom. The fraction of sp³-hybridized carbons (Fsp3) is 0.889. The van der Waals surface area contributed by atoms with Crippen molar-refractivity contribution in [2.45, 2.75) is 63.8 Å². The average molecular weight is 321 g/mol. The minimum Gasteiger partial charge on any atom is -0.340 e. The summed E-state index contributed by atoms with van der Waals surface area (Å²) in [6.45, 7) is 3.74. The Morgan fingerprint density at radius 3 is 2.43 bits per heavy atom. The highest BCUT2D eigenvalue weighted by Gasteiger charge is 2.33. The largest absolute Gasteiger partial charge is 0.340 e. The van der Waals surface area contributed by atoms with Crippen LogP contribution in [0.4, 0.5) is 0 Å². The molecule has 2 saturated heterocycles. The van der Waals surface area contributed by atoms with E-state index in [0.717, 1.165) is 51.9 Å². The molecule has 0 aromatic heterocycles. The molecule has 0 aromatic rings. The standard InChI is InChI=1S/C18H31N3O2/c22-17-13-19-10-12-21(17)16-9-6-11-20(14-16)18(23)15-7-4-2-1-3-5-8-15/h15-16,19H,1-14H2. The van der Waals surface area contributed by atoms with Gasteiger partial charge in [-0.25, -0.2) is 0 Å². The number of carbonyl (C=O) groups excluding carboxylic acids is 2. The zero-order chi connectivity index (χ0) is 16.1. The van der Waals surface area contributed by atoms with E-state index in [0.29, 0.717) is 12.5 Å². The van der Waals surface area contributed by atoms with E-state index >= 15 is 0 Å². The van der Waals surface area contributed by atoms with E-state index in [1.54, 1.807) is 0 Å². The van der Waals surface area contributed by atoms with Gasteiger partial charge in [0.25, 0.3) is 0 Å². The molecular formula is C18H31N3O2. The van der Waals surface area contributed by atoms with Crippen LogP contribution in [0.5, 0.6) is 0 Å². The van der Waals surface area contributed by atoms with Crippen molar-refractivity contribution in [3.05, 3.63) is 0 Å². The second kappa shape index (κ2) is 8.13. The lowest BCUT2D eigenvalue weighted by Gasteiger charge is -2.42. The Hall–Kier alpha value is -1.10. The lowest BCUT2D eigenvalue weighted by atomic mass is 9.89. The summed E-state index contributed by atoms with van der Waals surface area (Å²) in [5.74, 6) is 0.786. The van der Waals surface area contributed by atoms with Crippen molar-refractivity contribution in [2.75, 3.05) is 32.7 Å². The molecule has 0 bridgehead atoms. The summed E-state index contributed by atoms with van der Waals surface area (Å²) in [6, 6.07) is 0.232. The van der Waals surface area contributed by atoms with Gasteiger partial charge in [-0.05, 0) is 25.7 Å². The Balaban J connectivity index is 1.58. The summed E-state index contributed by atoms with van der Waals surface area (Å²) in [6.07, 6.45) is 10.5. The molecule has 1 N–H and O–H groups in total. The van der Waals surface area contributed by atoms with Gasteiger partial charge in [-0.15, -0.1) is 0 Å². The van der Waals surface area contributed by atoms with E-state index in [-0.39, 0.29) is 17.9 Å². The van der Waals surface area contributed by atoms with Gasteiger partial charge in [-0.3, -0.25) is 9.59 Å². The Kier molecular flexibility index (Phi) is 5.92. The normalized spacial score (nSPS) is 28.3. The number of hydrogen-bond donors (Lipinski definition) is 1. The molecule has 1 saturated carbocycles. The fourth-order valence-corrected chi connectivity index (χ4v) is 4.38. The van der Waals surface area contributed by atoms with E-state index < -0.39 is 0 Å². The van der Waals surface area contributed by atoms with Crippen molar-refractivity contribution in [3.63, 3.8) is 0 Å². The third-order valence-electron chi connectivity index (χ3n) is 5.73. The molecule has 3 rings (SSSR count). The molecular weight excluding hydrogens is 290 g/mol. The Bertz CT molecular complexity index is 418. The van der Waals surface area contributed by atoms with E-state index in [9.17, 15) is 9.59 Å². The Labute approximate surface area is 139 Å². The highest BCUT2D eigenvalue weighted by molar-refractivity contribution is 5.80. The van der Waals surface area contributed by atoms with Gasteiger partial charge in [-0.2, -0.15) is 0 Å². The third kappa shape index (κ3) is 4.25. The van der Waals surface area contributed by atoms with Crippen LogP contribution < -0.4 is 5.32 Å². The lowest BCUT2D eigenvalue weighted by molar-refractivity contribution is -0.143. The number of piperidine rings is 1. The topological polar surface area (TPSA) is 52.7 Å². The van der Waals surface area contributed by atoms with Crippen LogP contribution in [0.3, 0.4) is 0 Å². The van der Waals surface area contributed by atoms with Crippen molar-refractivity contribution in [2.24, 2.45) is 5.92 Å². The summed E-state index contributed by atoms with van der Waals surface area (Å²) in [4.78, 5) is 29.1. The number of likely N-dealkylation sites (tertiary alicyclic amines) is 1. The van der Waals surface area contributed by atoms with Crippen LogP contribution in [0.15, 0.2) is 0 Å². The monoisotopic (exact) mass is 321 g/mol. The Morgan fingerprint density at radius 1 is 0.957 bits per heavy atom. The molecule has 3 aliphatic rings. The summed E-state index contributed by atoms with van der Waals surface area (Å²) in [5.41, 5.74) is 0. The summed E-state index contributed by atoms with van der Waals surface area (Å²) < 4.78 is 0. The maximum Gasteiger partial charge on any atom is 0.236 e. The van der Waals surface area contributed by atoms with Crippen LogP contribution >= 0.6 is 0 Å². The van der Waals surface area contributed by atoms with E-state index in [1.807, 2.05) is 4.90 Å². The molecule has 3 fully saturated rings. The molecule has 5 heteroatoms. The van der Waals surface area contributed by atoms with Gasteiger partial charge in [-0.1, -0.05) is 32.1 Å². The number of carbonyl (C=O) groups is 2. The van der Waals surface area contributed by atoms with Gasteiger partial charge in [0.05, 0.1) is 6.54 Å². The molecule has 2 heterocycles. The number of nitrogens with zero attached hydrogens (tertiary/aromatic N) is 2. The highest BCUT2D eigenvalue weighted by Crippen LogP contribution is 2.26. The highest BCUT2D eigenvalue weighted by atomic mass is 16.2. The number of piperazine rings is 1. The van der Waals surface area contributed by atoms with Crippen LogP contribution in [0.1, 0.15) is 57.8 Å². The molecule has 1 aliphatic carbocycles. The van der Waals surface area contributed by atoms with Gasteiger partial charge >= 0.3 is 0 Å². The zero-order valence-corrected chi connectivity index (χ0v) is 14.3. The first kappa shape index (κ1) is 16.7. The van der Waals surface area contributed by atoms with Crippen molar-refractivity contribution in [1.29, 1.82) is 0 Å². The summed E-state index contributed by atoms with van der Waals surface area (Å²) >= 11 is 0. The van der Waals surface area contributed by atoms with Gasteiger partial charge in [0, 0.05) is 38.1 Å². The second-order valence-corrected chi connectivity index (χ2v) is 7.39. The molecule has 0 aromatic carbocycles. The molecule has 1 atom stereocenters. The third-order valence-corrected chi connectivity index (χ3v) is 5.73. The first-order valence-corrected chi connectivity index (χ1v) is 9.54. The summed E-state index contributed by atoms with van der Waals surface area (Å²) in [7, 11) is 0. The minimum atomic E-state index is 0.196. The first-order valence-electron chi connectivity index (χ1n) is 9.54. The van der Waals surface area contributed by atoms with Crippen LogP contribution in [0.25, 0.3) is 0 Å². The fourth-order valence-electron chi connectivity index (χ4n) is 4.38. The average Bonchev–Trinajstić information content (AvgIpc) is 2.55. The van der Waals surface area contributed by atoms with Crippen LogP contribution in [-0.2, 0) is 9.59 Å². The van der Waals surface area contributed by atoms with Crippen molar-refractivity contribution >= 4 is 11.8 Å². The number of nitrogens with one attached hydrogen (secondary N) is 1. The van der Waals surface area contributed by atoms with E-state index in [1.165, 1.54) is 32.1 Å². The number of hydrogen-bond acceptors (Lipinski definition) is 3. The van der Waals surface area contributed by atoms with Gasteiger partial charge in [0.1, 0.15) is 0 Å². The SMILES string of the molecule is O=C(C1CCCCCCC1)N1CCCC(N2CCNCC2=O)C1. The molecule has 0 spiro atoms. The number of amides is 2. The van der Waals surface area contributed by atoms with E-state index in [4.69, 9.17) is 0 Å². The molecule has 1 unspecified atom stereocenters. The van der Waals surface area contributed by atoms with Gasteiger partial charge in [0.15, 0.2) is 0 Å². The molecule has 2 amide bonds. The quantitative estimate of drug-likeness (QED) is 0.843. The van der Waals surface area contributed by atoms with Crippen molar-refractivity contribution < 1.29 is 9.59 Å². The molecule has 2 aliphatic heterocycles. The second-order valence-electron chi connectivity index (χ2n) is 7.39. The smallest absolute Gasteiger partial charge is 0.236 e. The van der Waals surface area contributed by atoms with Crippen LogP contribution in [-0.4, -0.2) is 60.4 Å².